The maximum Gasteiger partial charge on any atom is 0.253 e. The van der Waals surface area contributed by atoms with Crippen LogP contribution in [0.5, 0.6) is 0 Å². The second-order valence-corrected chi connectivity index (χ2v) is 5.42. The molecular weight excluding hydrogens is 282 g/mol. The number of carbonyl (C=O) groups is 1. The van der Waals surface area contributed by atoms with Crippen LogP contribution in [-0.4, -0.2) is 29.6 Å². The largest absolute Gasteiger partial charge is 0.444 e. The van der Waals surface area contributed by atoms with Crippen LogP contribution in [0.25, 0.3) is 11.5 Å². The number of anilines is 1. The van der Waals surface area contributed by atoms with Crippen LogP contribution in [0.1, 0.15) is 18.5 Å². The smallest absolute Gasteiger partial charge is 0.253 e. The normalized spacial score (nSPS) is 21.0. The zero-order valence-electron chi connectivity index (χ0n) is 12.4. The van der Waals surface area contributed by atoms with Gasteiger partial charge >= 0.3 is 0 Å². The minimum Gasteiger partial charge on any atom is -0.444 e. The summed E-state index contributed by atoms with van der Waals surface area (Å²) in [4.78, 5) is 16.5. The summed E-state index contributed by atoms with van der Waals surface area (Å²) in [5.41, 5.74) is 7.89. The predicted molar refractivity (Wildman–Crippen MR) is 82.3 cm³/mol. The van der Waals surface area contributed by atoms with Gasteiger partial charge in [0.25, 0.3) is 5.91 Å². The summed E-state index contributed by atoms with van der Waals surface area (Å²) in [6.07, 6.45) is 2.68. The molecule has 2 heterocycles. The number of aryl methyl sites for hydroxylation is 1. The van der Waals surface area contributed by atoms with Crippen molar-refractivity contribution in [3.8, 4) is 11.5 Å². The number of nitrogens with two attached hydrogens (primary N) is 1. The number of oxazole rings is 1. The van der Waals surface area contributed by atoms with Crippen molar-refractivity contribution < 1.29 is 13.9 Å². The average molecular weight is 301 g/mol. The molecule has 116 valence electrons. The third-order valence-electron chi connectivity index (χ3n) is 3.66. The number of hydrogen-bond acceptors (Lipinski definition) is 5. The zero-order valence-corrected chi connectivity index (χ0v) is 12.4. The van der Waals surface area contributed by atoms with Crippen molar-refractivity contribution >= 4 is 11.6 Å². The van der Waals surface area contributed by atoms with Crippen molar-refractivity contribution in [2.75, 3.05) is 11.9 Å². The monoisotopic (exact) mass is 301 g/mol. The lowest BCUT2D eigenvalue weighted by Gasteiger charge is -2.13. The molecule has 1 fully saturated rings. The molecule has 2 atom stereocenters. The highest BCUT2D eigenvalue weighted by molar-refractivity contribution is 5.94. The van der Waals surface area contributed by atoms with Crippen LogP contribution >= 0.6 is 0 Å². The van der Waals surface area contributed by atoms with Crippen molar-refractivity contribution in [3.63, 3.8) is 0 Å². The van der Waals surface area contributed by atoms with E-state index in [1.807, 2.05) is 31.2 Å². The number of rotatable bonds is 4. The first kappa shape index (κ1) is 14.7. The molecular formula is C16H19N3O3. The third-order valence-corrected chi connectivity index (χ3v) is 3.66. The Morgan fingerprint density at radius 3 is 3.00 bits per heavy atom. The molecule has 1 aliphatic heterocycles. The van der Waals surface area contributed by atoms with E-state index in [1.54, 1.807) is 6.26 Å². The summed E-state index contributed by atoms with van der Waals surface area (Å²) in [6, 6.07) is 7.39. The fourth-order valence-electron chi connectivity index (χ4n) is 2.51. The van der Waals surface area contributed by atoms with Crippen molar-refractivity contribution in [2.24, 2.45) is 5.73 Å². The van der Waals surface area contributed by atoms with Crippen molar-refractivity contribution in [2.45, 2.75) is 32.0 Å². The molecule has 1 aromatic carbocycles. The Kier molecular flexibility index (Phi) is 4.22. The lowest BCUT2D eigenvalue weighted by Crippen LogP contribution is -2.29. The third kappa shape index (κ3) is 3.18. The average Bonchev–Trinajstić information content (AvgIpc) is 3.16. The van der Waals surface area contributed by atoms with Gasteiger partial charge in [-0.15, -0.1) is 0 Å². The molecule has 1 saturated heterocycles. The molecule has 0 saturated carbocycles. The van der Waals surface area contributed by atoms with Gasteiger partial charge in [0.1, 0.15) is 12.4 Å². The number of amides is 1. The van der Waals surface area contributed by atoms with E-state index in [4.69, 9.17) is 14.9 Å². The van der Waals surface area contributed by atoms with Gasteiger partial charge in [0.05, 0.1) is 11.8 Å². The zero-order chi connectivity index (χ0) is 15.5. The number of benzene rings is 1. The highest BCUT2D eigenvalue weighted by Crippen LogP contribution is 2.24. The molecule has 2 aromatic rings. The molecule has 3 rings (SSSR count). The number of nitrogens with zero attached hydrogens (tertiary/aromatic N) is 1. The number of nitrogens with one attached hydrogen (secondary N) is 1. The minimum absolute atomic E-state index is 0.0163. The van der Waals surface area contributed by atoms with Crippen LogP contribution in [0, 0.1) is 6.92 Å². The Bertz CT molecular complexity index is 668. The van der Waals surface area contributed by atoms with Gasteiger partial charge in [0.2, 0.25) is 5.89 Å². The molecule has 1 amide bonds. The molecule has 0 spiro atoms. The second-order valence-electron chi connectivity index (χ2n) is 5.42. The van der Waals surface area contributed by atoms with Gasteiger partial charge in [-0.3, -0.25) is 4.79 Å². The Labute approximate surface area is 128 Å². The maximum absolute atomic E-state index is 12.2. The SMILES string of the molecule is Cc1coc(-c2cccc(NC(=O)[C@@H]3CC[C@H](CN)O3)c2)n1. The fraction of sp³-hybridized carbons (Fsp3) is 0.375. The minimum atomic E-state index is -0.429. The fourth-order valence-corrected chi connectivity index (χ4v) is 2.51. The van der Waals surface area contributed by atoms with Gasteiger partial charge in [0, 0.05) is 17.8 Å². The van der Waals surface area contributed by atoms with Gasteiger partial charge in [-0.05, 0) is 38.0 Å². The van der Waals surface area contributed by atoms with Crippen molar-refractivity contribution in [1.29, 1.82) is 0 Å². The van der Waals surface area contributed by atoms with E-state index in [-0.39, 0.29) is 12.0 Å². The van der Waals surface area contributed by atoms with Crippen LogP contribution < -0.4 is 11.1 Å². The standard InChI is InChI=1S/C16H19N3O3/c1-10-9-21-16(18-10)11-3-2-4-12(7-11)19-15(20)14-6-5-13(8-17)22-14/h2-4,7,9,13-14H,5-6,8,17H2,1H3,(H,19,20)/t13-,14+/m1/s1. The van der Waals surface area contributed by atoms with Crippen LogP contribution in [0.15, 0.2) is 34.9 Å². The number of aromatic nitrogens is 1. The molecule has 0 bridgehead atoms. The van der Waals surface area contributed by atoms with E-state index in [1.165, 1.54) is 0 Å². The first-order chi connectivity index (χ1) is 10.7. The predicted octanol–water partition coefficient (Wildman–Crippen LogP) is 2.09. The van der Waals surface area contributed by atoms with Crippen molar-refractivity contribution in [1.82, 2.24) is 4.98 Å². The molecule has 1 aliphatic rings. The maximum atomic E-state index is 12.2. The Morgan fingerprint density at radius 2 is 2.32 bits per heavy atom. The summed E-state index contributed by atoms with van der Waals surface area (Å²) in [7, 11) is 0. The highest BCUT2D eigenvalue weighted by Gasteiger charge is 2.29. The molecule has 1 aromatic heterocycles. The Morgan fingerprint density at radius 1 is 1.45 bits per heavy atom. The number of carbonyl (C=O) groups excluding carboxylic acids is 1. The van der Waals surface area contributed by atoms with Gasteiger partial charge in [-0.1, -0.05) is 6.07 Å². The van der Waals surface area contributed by atoms with Crippen LogP contribution in [-0.2, 0) is 9.53 Å². The van der Waals surface area contributed by atoms with Gasteiger partial charge in [0.15, 0.2) is 0 Å². The Hall–Kier alpha value is -2.18. The molecule has 6 nitrogen and oxygen atoms in total. The lowest BCUT2D eigenvalue weighted by atomic mass is 10.1. The van der Waals surface area contributed by atoms with Crippen LogP contribution in [0.4, 0.5) is 5.69 Å². The van der Waals surface area contributed by atoms with Crippen molar-refractivity contribution in [3.05, 3.63) is 36.2 Å². The number of ether oxygens (including phenoxy) is 1. The molecule has 0 unspecified atom stereocenters. The van der Waals surface area contributed by atoms with E-state index in [0.717, 1.165) is 17.7 Å². The number of hydrogen-bond donors (Lipinski definition) is 2. The van der Waals surface area contributed by atoms with Gasteiger partial charge < -0.3 is 20.2 Å². The van der Waals surface area contributed by atoms with Crippen LogP contribution in [0.2, 0.25) is 0 Å². The highest BCUT2D eigenvalue weighted by atomic mass is 16.5. The quantitative estimate of drug-likeness (QED) is 0.902. The summed E-state index contributed by atoms with van der Waals surface area (Å²) < 4.78 is 11.0. The topological polar surface area (TPSA) is 90.4 Å². The van der Waals surface area contributed by atoms with E-state index in [2.05, 4.69) is 10.3 Å². The Balaban J connectivity index is 1.69. The van der Waals surface area contributed by atoms with Crippen LogP contribution in [0.3, 0.4) is 0 Å². The molecule has 0 aliphatic carbocycles. The summed E-state index contributed by atoms with van der Waals surface area (Å²) in [5.74, 6) is 0.394. The van der Waals surface area contributed by atoms with E-state index < -0.39 is 6.10 Å². The van der Waals surface area contributed by atoms with E-state index in [0.29, 0.717) is 24.5 Å². The first-order valence-corrected chi connectivity index (χ1v) is 7.34. The summed E-state index contributed by atoms with van der Waals surface area (Å²) >= 11 is 0. The molecule has 6 heteroatoms. The van der Waals surface area contributed by atoms with Gasteiger partial charge in [-0.25, -0.2) is 4.98 Å². The molecule has 22 heavy (non-hydrogen) atoms. The summed E-state index contributed by atoms with van der Waals surface area (Å²) in [5, 5.41) is 2.87. The van der Waals surface area contributed by atoms with Gasteiger partial charge in [-0.2, -0.15) is 0 Å². The van der Waals surface area contributed by atoms with E-state index >= 15 is 0 Å². The summed E-state index contributed by atoms with van der Waals surface area (Å²) in [6.45, 7) is 2.31. The second kappa shape index (κ2) is 6.29. The molecule has 3 N–H and O–H groups in total. The first-order valence-electron chi connectivity index (χ1n) is 7.34. The lowest BCUT2D eigenvalue weighted by molar-refractivity contribution is -0.126. The van der Waals surface area contributed by atoms with E-state index in [9.17, 15) is 4.79 Å². The molecule has 0 radical (unpaired) electrons.